The highest BCUT2D eigenvalue weighted by Crippen LogP contribution is 2.40. The number of aryl methyl sites for hydroxylation is 1. The molecule has 220 valence electrons. The number of amides is 2. The number of aliphatic hydroxyl groups excluding tert-OH is 1. The number of carbonyl (C=O) groups is 2. The van der Waals surface area contributed by atoms with E-state index in [0.717, 1.165) is 0 Å². The second-order valence-corrected chi connectivity index (χ2v) is 10.9. The van der Waals surface area contributed by atoms with Crippen molar-refractivity contribution in [2.45, 2.75) is 25.4 Å². The first kappa shape index (κ1) is 28.3. The first-order valence-corrected chi connectivity index (χ1v) is 14.4. The molecule has 2 aromatic carbocycles. The van der Waals surface area contributed by atoms with Gasteiger partial charge in [-0.05, 0) is 66.3 Å². The quantitative estimate of drug-likeness (QED) is 0.284. The fourth-order valence-electron chi connectivity index (χ4n) is 5.29. The van der Waals surface area contributed by atoms with Crippen molar-refractivity contribution in [3.63, 3.8) is 0 Å². The number of ether oxygens (including phenoxy) is 1. The summed E-state index contributed by atoms with van der Waals surface area (Å²) < 4.78 is 6.76. The van der Waals surface area contributed by atoms with Crippen LogP contribution in [0.2, 0.25) is 0 Å². The summed E-state index contributed by atoms with van der Waals surface area (Å²) in [6.07, 6.45) is 5.56. The second kappa shape index (κ2) is 12.2. The van der Waals surface area contributed by atoms with Crippen molar-refractivity contribution in [2.24, 2.45) is 7.05 Å². The Morgan fingerprint density at radius 2 is 1.74 bits per heavy atom. The lowest BCUT2D eigenvalue weighted by molar-refractivity contribution is 0.0302. The van der Waals surface area contributed by atoms with Crippen molar-refractivity contribution in [3.8, 4) is 11.1 Å². The van der Waals surface area contributed by atoms with Crippen molar-refractivity contribution >= 4 is 29.0 Å². The van der Waals surface area contributed by atoms with E-state index in [-0.39, 0.29) is 29.7 Å². The number of aliphatic hydroxyl groups is 1. The van der Waals surface area contributed by atoms with E-state index in [1.54, 1.807) is 48.5 Å². The number of pyridine rings is 2. The number of hydrogen-bond acceptors (Lipinski definition) is 7. The van der Waals surface area contributed by atoms with Gasteiger partial charge in [0.05, 0.1) is 25.4 Å². The minimum Gasteiger partial charge on any atom is -0.392 e. The van der Waals surface area contributed by atoms with Gasteiger partial charge in [0.25, 0.3) is 17.4 Å². The van der Waals surface area contributed by atoms with Gasteiger partial charge in [-0.2, -0.15) is 0 Å². The zero-order chi connectivity index (χ0) is 29.9. The number of carbonyl (C=O) groups excluding carboxylic acids is 2. The highest BCUT2D eigenvalue weighted by Gasteiger charge is 2.23. The van der Waals surface area contributed by atoms with Crippen molar-refractivity contribution in [1.29, 1.82) is 0 Å². The normalized spacial score (nSPS) is 14.8. The molecular weight excluding hydrogens is 546 g/mol. The maximum Gasteiger partial charge on any atom is 0.274 e. The van der Waals surface area contributed by atoms with Gasteiger partial charge < -0.3 is 29.9 Å². The Balaban J connectivity index is 1.23. The zero-order valence-corrected chi connectivity index (χ0v) is 23.9. The Morgan fingerprint density at radius 1 is 1.00 bits per heavy atom. The molecule has 0 radical (unpaired) electrons. The molecule has 10 nitrogen and oxygen atoms in total. The van der Waals surface area contributed by atoms with Gasteiger partial charge in [0.15, 0.2) is 0 Å². The molecule has 4 aromatic rings. The molecule has 1 saturated carbocycles. The Hall–Kier alpha value is -4.80. The fraction of sp³-hybridized carbons (Fsp3) is 0.273. The largest absolute Gasteiger partial charge is 0.392 e. The molecule has 1 aliphatic carbocycles. The molecule has 2 fully saturated rings. The van der Waals surface area contributed by atoms with Crippen molar-refractivity contribution in [1.82, 2.24) is 14.5 Å². The molecule has 1 aliphatic heterocycles. The molecule has 2 amide bonds. The highest BCUT2D eigenvalue weighted by molar-refractivity contribution is 6.05. The lowest BCUT2D eigenvalue weighted by atomic mass is 9.99. The summed E-state index contributed by atoms with van der Waals surface area (Å²) in [4.78, 5) is 44.9. The van der Waals surface area contributed by atoms with E-state index in [4.69, 9.17) is 4.74 Å². The molecule has 1 saturated heterocycles. The van der Waals surface area contributed by atoms with Crippen molar-refractivity contribution in [3.05, 3.63) is 106 Å². The molecule has 0 atom stereocenters. The number of hydrogen-bond donors (Lipinski definition) is 3. The van der Waals surface area contributed by atoms with Gasteiger partial charge in [0.1, 0.15) is 11.5 Å². The average molecular weight is 580 g/mol. The maximum atomic E-state index is 13.1. The van der Waals surface area contributed by atoms with Crippen LogP contribution < -0.4 is 16.2 Å². The van der Waals surface area contributed by atoms with Crippen LogP contribution in [0.1, 0.15) is 50.6 Å². The first-order chi connectivity index (χ1) is 20.9. The molecule has 10 heteroatoms. The van der Waals surface area contributed by atoms with Gasteiger partial charge in [-0.15, -0.1) is 0 Å². The summed E-state index contributed by atoms with van der Waals surface area (Å²) in [6, 6.07) is 18.1. The second-order valence-electron chi connectivity index (χ2n) is 10.9. The van der Waals surface area contributed by atoms with Gasteiger partial charge in [-0.1, -0.05) is 24.3 Å². The summed E-state index contributed by atoms with van der Waals surface area (Å²) in [5.74, 6) is 0.636. The number of nitrogens with one attached hydrogen (secondary N) is 2. The van der Waals surface area contributed by atoms with Crippen LogP contribution in [0.4, 0.5) is 17.2 Å². The minimum absolute atomic E-state index is 0.112. The van der Waals surface area contributed by atoms with Gasteiger partial charge in [0, 0.05) is 54.9 Å². The van der Waals surface area contributed by atoms with E-state index in [9.17, 15) is 19.5 Å². The van der Waals surface area contributed by atoms with Crippen LogP contribution in [0.5, 0.6) is 0 Å². The van der Waals surface area contributed by atoms with Gasteiger partial charge in [0.2, 0.25) is 0 Å². The lowest BCUT2D eigenvalue weighted by Crippen LogP contribution is -2.40. The van der Waals surface area contributed by atoms with Gasteiger partial charge in [-0.3, -0.25) is 14.4 Å². The summed E-state index contributed by atoms with van der Waals surface area (Å²) >= 11 is 0. The zero-order valence-electron chi connectivity index (χ0n) is 23.9. The lowest BCUT2D eigenvalue weighted by Gasteiger charge is -2.26. The van der Waals surface area contributed by atoms with Crippen LogP contribution in [-0.2, 0) is 18.4 Å². The minimum atomic E-state index is -0.321. The summed E-state index contributed by atoms with van der Waals surface area (Å²) in [6.45, 7) is 1.78. The number of rotatable bonds is 8. The van der Waals surface area contributed by atoms with Crippen LogP contribution in [0.3, 0.4) is 0 Å². The number of anilines is 3. The number of nitrogens with zero attached hydrogens (tertiary/aromatic N) is 3. The fourth-order valence-corrected chi connectivity index (χ4v) is 5.29. The topological polar surface area (TPSA) is 126 Å². The maximum absolute atomic E-state index is 13.1. The van der Waals surface area contributed by atoms with Crippen LogP contribution in [-0.4, -0.2) is 57.7 Å². The molecular formula is C33H33N5O5. The standard InChI is InChI=1S/C33H33N5O5/c1-37-19-25(17-29(33(37)42)35-30-12-11-24(18-34-30)32(41)38-13-15-43-16-14-38)26-3-2-4-28(27(26)20-39)36-31(40)23-9-7-22(8-10-23)21-5-6-21/h2-4,7-12,17-19,21,39H,5-6,13-16,20H2,1H3,(H,34,35)(H,36,40). The number of benzene rings is 2. The summed E-state index contributed by atoms with van der Waals surface area (Å²) in [5.41, 5.74) is 4.59. The molecule has 0 spiro atoms. The molecule has 3 heterocycles. The predicted molar refractivity (Wildman–Crippen MR) is 164 cm³/mol. The predicted octanol–water partition coefficient (Wildman–Crippen LogP) is 4.29. The third-order valence-electron chi connectivity index (χ3n) is 7.87. The smallest absolute Gasteiger partial charge is 0.274 e. The number of aromatic nitrogens is 2. The van der Waals surface area contributed by atoms with Crippen LogP contribution >= 0.6 is 0 Å². The van der Waals surface area contributed by atoms with E-state index in [1.165, 1.54) is 29.2 Å². The molecule has 43 heavy (non-hydrogen) atoms. The van der Waals surface area contributed by atoms with Crippen molar-refractivity contribution < 1.29 is 19.4 Å². The summed E-state index contributed by atoms with van der Waals surface area (Å²) in [7, 11) is 1.64. The molecule has 3 N–H and O–H groups in total. The highest BCUT2D eigenvalue weighted by atomic mass is 16.5. The average Bonchev–Trinajstić information content (AvgIpc) is 3.89. The summed E-state index contributed by atoms with van der Waals surface area (Å²) in [5, 5.41) is 16.4. The van der Waals surface area contributed by atoms with E-state index in [2.05, 4.69) is 15.6 Å². The van der Waals surface area contributed by atoms with Gasteiger partial charge >= 0.3 is 0 Å². The van der Waals surface area contributed by atoms with Gasteiger partial charge in [-0.25, -0.2) is 4.98 Å². The SMILES string of the molecule is Cn1cc(-c2cccc(NC(=O)c3ccc(C4CC4)cc3)c2CO)cc(Nc2ccc(C(=O)N3CCOCC3)cn2)c1=O. The first-order valence-electron chi connectivity index (χ1n) is 14.4. The van der Waals surface area contributed by atoms with E-state index < -0.39 is 0 Å². The van der Waals surface area contributed by atoms with Crippen LogP contribution in [0.25, 0.3) is 11.1 Å². The molecule has 0 bridgehead atoms. The van der Waals surface area contributed by atoms with E-state index in [1.807, 2.05) is 30.3 Å². The molecule has 6 rings (SSSR count). The molecule has 2 aliphatic rings. The Morgan fingerprint density at radius 3 is 2.42 bits per heavy atom. The molecule has 2 aromatic heterocycles. The molecule has 0 unspecified atom stereocenters. The van der Waals surface area contributed by atoms with E-state index >= 15 is 0 Å². The van der Waals surface area contributed by atoms with Crippen molar-refractivity contribution in [2.75, 3.05) is 36.9 Å². The van der Waals surface area contributed by atoms with Crippen LogP contribution in [0, 0.1) is 0 Å². The third-order valence-corrected chi connectivity index (χ3v) is 7.87. The third kappa shape index (κ3) is 6.20. The van der Waals surface area contributed by atoms with E-state index in [0.29, 0.717) is 71.5 Å². The Bertz CT molecular complexity index is 1710. The Labute approximate surface area is 249 Å². The van der Waals surface area contributed by atoms with Crippen LogP contribution in [0.15, 0.2) is 77.9 Å². The Kier molecular flexibility index (Phi) is 8.04. The monoisotopic (exact) mass is 579 g/mol. The number of morpholine rings is 1.